The summed E-state index contributed by atoms with van der Waals surface area (Å²) in [6.07, 6.45) is 2.30. The average molecular weight is 243 g/mol. The third kappa shape index (κ3) is 4.42. The zero-order valence-electron chi connectivity index (χ0n) is 9.59. The van der Waals surface area contributed by atoms with Crippen LogP contribution in [0.25, 0.3) is 0 Å². The van der Waals surface area contributed by atoms with Gasteiger partial charge in [-0.25, -0.2) is 0 Å². The van der Waals surface area contributed by atoms with Crippen molar-refractivity contribution in [2.75, 3.05) is 13.1 Å². The largest absolute Gasteiger partial charge is 0.481 e. The van der Waals surface area contributed by atoms with Gasteiger partial charge in [0.05, 0.1) is 5.92 Å². The van der Waals surface area contributed by atoms with Crippen molar-refractivity contribution in [3.63, 3.8) is 0 Å². The van der Waals surface area contributed by atoms with Crippen LogP contribution in [0.4, 0.5) is 0 Å². The molecule has 0 aromatic heterocycles. The van der Waals surface area contributed by atoms with Gasteiger partial charge in [-0.1, -0.05) is 6.42 Å². The van der Waals surface area contributed by atoms with Gasteiger partial charge in [0, 0.05) is 25.9 Å². The minimum absolute atomic E-state index is 0.0878. The molecule has 1 atom stereocenters. The van der Waals surface area contributed by atoms with E-state index in [4.69, 9.17) is 10.2 Å². The van der Waals surface area contributed by atoms with E-state index < -0.39 is 17.9 Å². The fourth-order valence-corrected chi connectivity index (χ4v) is 1.91. The third-order valence-corrected chi connectivity index (χ3v) is 2.88. The van der Waals surface area contributed by atoms with Gasteiger partial charge in [-0.3, -0.25) is 14.4 Å². The molecule has 1 unspecified atom stereocenters. The first-order valence-corrected chi connectivity index (χ1v) is 5.73. The summed E-state index contributed by atoms with van der Waals surface area (Å²) in [5.41, 5.74) is 0. The second-order valence-corrected chi connectivity index (χ2v) is 4.28. The van der Waals surface area contributed by atoms with E-state index in [9.17, 15) is 14.4 Å². The Morgan fingerprint density at radius 1 is 1.24 bits per heavy atom. The van der Waals surface area contributed by atoms with E-state index in [1.807, 2.05) is 0 Å². The van der Waals surface area contributed by atoms with Gasteiger partial charge in [-0.05, 0) is 12.8 Å². The summed E-state index contributed by atoms with van der Waals surface area (Å²) in [6.45, 7) is 0.815. The molecule has 17 heavy (non-hydrogen) atoms. The highest BCUT2D eigenvalue weighted by Gasteiger charge is 2.33. The Hall–Kier alpha value is -1.59. The second-order valence-electron chi connectivity index (χ2n) is 4.28. The minimum Gasteiger partial charge on any atom is -0.481 e. The van der Waals surface area contributed by atoms with Gasteiger partial charge < -0.3 is 15.1 Å². The SMILES string of the molecule is O=C(O)CCCCCN1CC(C(=O)O)CC1=O. The van der Waals surface area contributed by atoms with Crippen molar-refractivity contribution in [2.45, 2.75) is 32.1 Å². The standard InChI is InChI=1S/C11H17NO5/c13-9-6-8(11(16)17)7-12(9)5-3-1-2-4-10(14)15/h8H,1-7H2,(H,14,15)(H,16,17). The van der Waals surface area contributed by atoms with E-state index in [1.54, 1.807) is 4.90 Å². The minimum atomic E-state index is -0.924. The maximum absolute atomic E-state index is 11.4. The summed E-state index contributed by atoms with van der Waals surface area (Å²) >= 11 is 0. The van der Waals surface area contributed by atoms with E-state index in [0.29, 0.717) is 13.0 Å². The van der Waals surface area contributed by atoms with E-state index in [-0.39, 0.29) is 25.3 Å². The molecule has 6 heteroatoms. The molecule has 0 saturated carbocycles. The van der Waals surface area contributed by atoms with Crippen LogP contribution in [0.5, 0.6) is 0 Å². The Morgan fingerprint density at radius 2 is 1.94 bits per heavy atom. The summed E-state index contributed by atoms with van der Waals surface area (Å²) in [5.74, 6) is -2.43. The van der Waals surface area contributed by atoms with Crippen LogP contribution >= 0.6 is 0 Å². The summed E-state index contributed by atoms with van der Waals surface area (Å²) in [5, 5.41) is 17.2. The second kappa shape index (κ2) is 6.22. The van der Waals surface area contributed by atoms with Gasteiger partial charge in [-0.2, -0.15) is 0 Å². The maximum Gasteiger partial charge on any atom is 0.308 e. The molecule has 1 aliphatic rings. The van der Waals surface area contributed by atoms with Crippen molar-refractivity contribution in [3.8, 4) is 0 Å². The number of amides is 1. The fraction of sp³-hybridized carbons (Fsp3) is 0.727. The monoisotopic (exact) mass is 243 g/mol. The van der Waals surface area contributed by atoms with E-state index >= 15 is 0 Å². The predicted molar refractivity (Wildman–Crippen MR) is 58.4 cm³/mol. The number of carboxylic acids is 2. The number of hydrogen-bond acceptors (Lipinski definition) is 3. The van der Waals surface area contributed by atoms with Gasteiger partial charge in [0.2, 0.25) is 5.91 Å². The quantitative estimate of drug-likeness (QED) is 0.637. The summed E-state index contributed by atoms with van der Waals surface area (Å²) in [6, 6.07) is 0. The molecule has 0 aliphatic carbocycles. The molecule has 1 rings (SSSR count). The smallest absolute Gasteiger partial charge is 0.308 e. The number of carbonyl (C=O) groups excluding carboxylic acids is 1. The normalized spacial score (nSPS) is 19.6. The van der Waals surface area contributed by atoms with Gasteiger partial charge in [0.15, 0.2) is 0 Å². The molecule has 1 amide bonds. The lowest BCUT2D eigenvalue weighted by Crippen LogP contribution is -2.27. The average Bonchev–Trinajstić information content (AvgIpc) is 2.59. The molecule has 2 N–H and O–H groups in total. The lowest BCUT2D eigenvalue weighted by Gasteiger charge is -2.15. The zero-order valence-corrected chi connectivity index (χ0v) is 9.59. The lowest BCUT2D eigenvalue weighted by molar-refractivity contribution is -0.141. The number of rotatable bonds is 7. The molecular weight excluding hydrogens is 226 g/mol. The van der Waals surface area contributed by atoms with Crippen LogP contribution in [0.1, 0.15) is 32.1 Å². The Balaban J connectivity index is 2.17. The molecule has 1 heterocycles. The van der Waals surface area contributed by atoms with Crippen molar-refractivity contribution in [1.82, 2.24) is 4.90 Å². The molecule has 1 fully saturated rings. The van der Waals surface area contributed by atoms with Crippen molar-refractivity contribution in [1.29, 1.82) is 0 Å². The molecule has 1 aliphatic heterocycles. The highest BCUT2D eigenvalue weighted by Crippen LogP contribution is 2.18. The number of likely N-dealkylation sites (tertiary alicyclic amines) is 1. The maximum atomic E-state index is 11.4. The Bertz CT molecular complexity index is 315. The van der Waals surface area contributed by atoms with Crippen LogP contribution in [0.15, 0.2) is 0 Å². The molecular formula is C11H17NO5. The van der Waals surface area contributed by atoms with Crippen LogP contribution in [0.2, 0.25) is 0 Å². The summed E-state index contributed by atoms with van der Waals surface area (Å²) < 4.78 is 0. The summed E-state index contributed by atoms with van der Waals surface area (Å²) in [4.78, 5) is 33.9. The predicted octanol–water partition coefficient (Wildman–Crippen LogP) is 0.564. The first kappa shape index (κ1) is 13.5. The van der Waals surface area contributed by atoms with Crippen molar-refractivity contribution < 1.29 is 24.6 Å². The molecule has 0 bridgehead atoms. The lowest BCUT2D eigenvalue weighted by atomic mass is 10.1. The number of carboxylic acid groups (broad SMARTS) is 2. The van der Waals surface area contributed by atoms with E-state index in [1.165, 1.54) is 0 Å². The number of aliphatic carboxylic acids is 2. The number of carbonyl (C=O) groups is 3. The Kier molecular flexibility index (Phi) is 4.93. The first-order chi connectivity index (χ1) is 8.00. The van der Waals surface area contributed by atoms with Gasteiger partial charge in [0.25, 0.3) is 0 Å². The highest BCUT2D eigenvalue weighted by atomic mass is 16.4. The molecule has 0 spiro atoms. The van der Waals surface area contributed by atoms with Crippen molar-refractivity contribution in [2.24, 2.45) is 5.92 Å². The van der Waals surface area contributed by atoms with Gasteiger partial charge >= 0.3 is 11.9 Å². The Morgan fingerprint density at radius 3 is 2.47 bits per heavy atom. The van der Waals surface area contributed by atoms with Crippen molar-refractivity contribution >= 4 is 17.8 Å². The van der Waals surface area contributed by atoms with Crippen molar-refractivity contribution in [3.05, 3.63) is 0 Å². The first-order valence-electron chi connectivity index (χ1n) is 5.73. The fourth-order valence-electron chi connectivity index (χ4n) is 1.91. The molecule has 1 saturated heterocycles. The van der Waals surface area contributed by atoms with Gasteiger partial charge in [-0.15, -0.1) is 0 Å². The van der Waals surface area contributed by atoms with E-state index in [0.717, 1.165) is 12.8 Å². The topological polar surface area (TPSA) is 94.9 Å². The summed E-state index contributed by atoms with van der Waals surface area (Å²) in [7, 11) is 0. The molecule has 0 aromatic carbocycles. The third-order valence-electron chi connectivity index (χ3n) is 2.88. The van der Waals surface area contributed by atoms with Crippen LogP contribution in [0, 0.1) is 5.92 Å². The van der Waals surface area contributed by atoms with Crippen LogP contribution in [0.3, 0.4) is 0 Å². The molecule has 6 nitrogen and oxygen atoms in total. The van der Waals surface area contributed by atoms with Crippen LogP contribution < -0.4 is 0 Å². The van der Waals surface area contributed by atoms with Crippen LogP contribution in [-0.4, -0.2) is 46.0 Å². The number of hydrogen-bond donors (Lipinski definition) is 2. The highest BCUT2D eigenvalue weighted by molar-refractivity contribution is 5.86. The zero-order chi connectivity index (χ0) is 12.8. The molecule has 0 aromatic rings. The molecule has 96 valence electrons. The Labute approximate surface area is 99.2 Å². The van der Waals surface area contributed by atoms with E-state index in [2.05, 4.69) is 0 Å². The van der Waals surface area contributed by atoms with Crippen LogP contribution in [-0.2, 0) is 14.4 Å². The van der Waals surface area contributed by atoms with Gasteiger partial charge in [0.1, 0.15) is 0 Å². The number of unbranched alkanes of at least 4 members (excludes halogenated alkanes) is 2. The number of nitrogens with zero attached hydrogens (tertiary/aromatic N) is 1. The molecule has 0 radical (unpaired) electrons.